The van der Waals surface area contributed by atoms with Gasteiger partial charge in [-0.2, -0.15) is 0 Å². The lowest BCUT2D eigenvalue weighted by Gasteiger charge is -2.23. The van der Waals surface area contributed by atoms with E-state index in [1.807, 2.05) is 18.2 Å². The summed E-state index contributed by atoms with van der Waals surface area (Å²) < 4.78 is 5.13. The summed E-state index contributed by atoms with van der Waals surface area (Å²) in [5, 5.41) is 3.51. The van der Waals surface area contributed by atoms with Crippen LogP contribution in [0, 0.1) is 0 Å². The summed E-state index contributed by atoms with van der Waals surface area (Å²) in [7, 11) is 0. The molecule has 3 nitrogen and oxygen atoms in total. The van der Waals surface area contributed by atoms with Crippen LogP contribution in [0.2, 0.25) is 5.02 Å². The first-order chi connectivity index (χ1) is 6.75. The number of hydrogen-bond donors (Lipinski definition) is 1. The Labute approximate surface area is 87.0 Å². The van der Waals surface area contributed by atoms with E-state index >= 15 is 0 Å². The van der Waals surface area contributed by atoms with Crippen molar-refractivity contribution in [2.24, 2.45) is 0 Å². The molecule has 0 saturated carbocycles. The van der Waals surface area contributed by atoms with Gasteiger partial charge in [0, 0.05) is 5.02 Å². The molecular formula is C10H10ClNO2. The van der Waals surface area contributed by atoms with Gasteiger partial charge in [0.2, 0.25) is 5.91 Å². The van der Waals surface area contributed by atoms with Gasteiger partial charge in [-0.25, -0.2) is 0 Å². The summed E-state index contributed by atoms with van der Waals surface area (Å²) in [6.45, 7) is 0.656. The van der Waals surface area contributed by atoms with Crippen LogP contribution in [0.5, 0.6) is 0 Å². The molecular weight excluding hydrogens is 202 g/mol. The number of carbonyl (C=O) groups excluding carboxylic acids is 1. The van der Waals surface area contributed by atoms with Gasteiger partial charge in [0.1, 0.15) is 6.61 Å². The summed E-state index contributed by atoms with van der Waals surface area (Å²) >= 11 is 5.85. The second-order valence-electron chi connectivity index (χ2n) is 3.19. The molecule has 74 valence electrons. The molecule has 0 aromatic heterocycles. The van der Waals surface area contributed by atoms with Crippen LogP contribution in [0.1, 0.15) is 11.6 Å². The zero-order chi connectivity index (χ0) is 9.97. The first kappa shape index (κ1) is 9.49. The first-order valence-electron chi connectivity index (χ1n) is 4.38. The Morgan fingerprint density at radius 2 is 2.36 bits per heavy atom. The number of hydrogen-bond acceptors (Lipinski definition) is 2. The van der Waals surface area contributed by atoms with Gasteiger partial charge in [0.05, 0.1) is 12.6 Å². The molecule has 14 heavy (non-hydrogen) atoms. The highest BCUT2D eigenvalue weighted by molar-refractivity contribution is 6.30. The Morgan fingerprint density at radius 1 is 1.50 bits per heavy atom. The predicted molar refractivity (Wildman–Crippen MR) is 53.2 cm³/mol. The van der Waals surface area contributed by atoms with Gasteiger partial charge in [0.25, 0.3) is 0 Å². The third-order valence-corrected chi connectivity index (χ3v) is 2.34. The maximum atomic E-state index is 11.1. The standard InChI is InChI=1S/C10H10ClNO2/c11-8-3-1-2-7(4-8)9-5-14-6-10(13)12-9/h1-4,9H,5-6H2,(H,12,13)/t9-/m0/s1. The fraction of sp³-hybridized carbons (Fsp3) is 0.300. The number of halogens is 1. The third kappa shape index (κ3) is 2.05. The molecule has 1 aromatic rings. The number of carbonyl (C=O) groups is 1. The fourth-order valence-electron chi connectivity index (χ4n) is 1.45. The van der Waals surface area contributed by atoms with E-state index < -0.39 is 0 Å². The van der Waals surface area contributed by atoms with Crippen LogP contribution in [0.25, 0.3) is 0 Å². The van der Waals surface area contributed by atoms with Crippen molar-refractivity contribution in [1.82, 2.24) is 5.32 Å². The van der Waals surface area contributed by atoms with Crippen molar-refractivity contribution in [2.45, 2.75) is 6.04 Å². The topological polar surface area (TPSA) is 38.3 Å². The van der Waals surface area contributed by atoms with Crippen molar-refractivity contribution < 1.29 is 9.53 Å². The Morgan fingerprint density at radius 3 is 3.07 bits per heavy atom. The van der Waals surface area contributed by atoms with E-state index in [1.54, 1.807) is 6.07 Å². The monoisotopic (exact) mass is 211 g/mol. The lowest BCUT2D eigenvalue weighted by molar-refractivity contribution is -0.131. The minimum Gasteiger partial charge on any atom is -0.369 e. The third-order valence-electron chi connectivity index (χ3n) is 2.10. The molecule has 0 radical (unpaired) electrons. The fourth-order valence-corrected chi connectivity index (χ4v) is 1.65. The number of amides is 1. The van der Waals surface area contributed by atoms with Crippen molar-refractivity contribution in [3.8, 4) is 0 Å². The Kier molecular flexibility index (Phi) is 2.70. The Bertz CT molecular complexity index is 354. The van der Waals surface area contributed by atoms with Crippen LogP contribution in [0.15, 0.2) is 24.3 Å². The van der Waals surface area contributed by atoms with Gasteiger partial charge in [-0.05, 0) is 17.7 Å². The molecule has 0 unspecified atom stereocenters. The average molecular weight is 212 g/mol. The van der Waals surface area contributed by atoms with E-state index in [-0.39, 0.29) is 18.6 Å². The summed E-state index contributed by atoms with van der Waals surface area (Å²) in [4.78, 5) is 11.1. The summed E-state index contributed by atoms with van der Waals surface area (Å²) in [6, 6.07) is 7.34. The van der Waals surface area contributed by atoms with Crippen LogP contribution in [-0.4, -0.2) is 19.1 Å². The van der Waals surface area contributed by atoms with E-state index in [1.165, 1.54) is 0 Å². The van der Waals surface area contributed by atoms with Crippen molar-refractivity contribution in [2.75, 3.05) is 13.2 Å². The number of rotatable bonds is 1. The molecule has 1 aliphatic rings. The molecule has 4 heteroatoms. The van der Waals surface area contributed by atoms with Crippen molar-refractivity contribution in [1.29, 1.82) is 0 Å². The van der Waals surface area contributed by atoms with Gasteiger partial charge in [-0.1, -0.05) is 23.7 Å². The number of nitrogens with one attached hydrogen (secondary N) is 1. The Hall–Kier alpha value is -1.06. The van der Waals surface area contributed by atoms with Crippen molar-refractivity contribution in [3.05, 3.63) is 34.9 Å². The van der Waals surface area contributed by atoms with Crippen LogP contribution >= 0.6 is 11.6 Å². The maximum absolute atomic E-state index is 11.1. The average Bonchev–Trinajstić information content (AvgIpc) is 2.18. The molecule has 2 rings (SSSR count). The molecule has 1 fully saturated rings. The minimum atomic E-state index is -0.0822. The van der Waals surface area contributed by atoms with Gasteiger partial charge >= 0.3 is 0 Å². The first-order valence-corrected chi connectivity index (χ1v) is 4.76. The zero-order valence-electron chi connectivity index (χ0n) is 7.50. The zero-order valence-corrected chi connectivity index (χ0v) is 8.25. The Balaban J connectivity index is 2.17. The summed E-state index contributed by atoms with van der Waals surface area (Å²) in [5.41, 5.74) is 0.977. The van der Waals surface area contributed by atoms with E-state index in [0.717, 1.165) is 5.56 Å². The molecule has 1 heterocycles. The molecule has 1 atom stereocenters. The van der Waals surface area contributed by atoms with Gasteiger partial charge in [-0.3, -0.25) is 4.79 Å². The van der Waals surface area contributed by atoms with Crippen LogP contribution in [0.3, 0.4) is 0 Å². The normalized spacial score (nSPS) is 21.8. The SMILES string of the molecule is O=C1COC[C@@H](c2cccc(Cl)c2)N1. The van der Waals surface area contributed by atoms with Crippen LogP contribution < -0.4 is 5.32 Å². The van der Waals surface area contributed by atoms with Gasteiger partial charge < -0.3 is 10.1 Å². The number of morpholine rings is 1. The summed E-state index contributed by atoms with van der Waals surface area (Å²) in [5.74, 6) is -0.0822. The van der Waals surface area contributed by atoms with Crippen molar-refractivity contribution >= 4 is 17.5 Å². The molecule has 1 aromatic carbocycles. The molecule has 1 N–H and O–H groups in total. The second kappa shape index (κ2) is 3.98. The van der Waals surface area contributed by atoms with E-state index in [9.17, 15) is 4.79 Å². The predicted octanol–water partition coefficient (Wildman–Crippen LogP) is 1.53. The molecule has 0 bridgehead atoms. The number of ether oxygens (including phenoxy) is 1. The largest absolute Gasteiger partial charge is 0.369 e. The van der Waals surface area contributed by atoms with Gasteiger partial charge in [0.15, 0.2) is 0 Å². The van der Waals surface area contributed by atoms with E-state index in [4.69, 9.17) is 16.3 Å². The lowest BCUT2D eigenvalue weighted by atomic mass is 10.1. The lowest BCUT2D eigenvalue weighted by Crippen LogP contribution is -2.39. The quantitative estimate of drug-likeness (QED) is 0.765. The molecule has 0 spiro atoms. The van der Waals surface area contributed by atoms with E-state index in [2.05, 4.69) is 5.32 Å². The number of benzene rings is 1. The molecule has 0 aliphatic carbocycles. The molecule has 1 saturated heterocycles. The van der Waals surface area contributed by atoms with Gasteiger partial charge in [-0.15, -0.1) is 0 Å². The minimum absolute atomic E-state index is 0.0741. The van der Waals surface area contributed by atoms with E-state index in [0.29, 0.717) is 11.6 Å². The maximum Gasteiger partial charge on any atom is 0.246 e. The van der Waals surface area contributed by atoms with Crippen molar-refractivity contribution in [3.63, 3.8) is 0 Å². The molecule has 1 aliphatic heterocycles. The highest BCUT2D eigenvalue weighted by Gasteiger charge is 2.19. The second-order valence-corrected chi connectivity index (χ2v) is 3.63. The highest BCUT2D eigenvalue weighted by Crippen LogP contribution is 2.19. The van der Waals surface area contributed by atoms with Crippen LogP contribution in [0.4, 0.5) is 0 Å². The van der Waals surface area contributed by atoms with Crippen LogP contribution in [-0.2, 0) is 9.53 Å². The summed E-state index contributed by atoms with van der Waals surface area (Å²) in [6.07, 6.45) is 0. The highest BCUT2D eigenvalue weighted by atomic mass is 35.5. The molecule has 1 amide bonds. The smallest absolute Gasteiger partial charge is 0.246 e.